The number of amides is 1. The second-order valence-corrected chi connectivity index (χ2v) is 7.42. The van der Waals surface area contributed by atoms with Crippen LogP contribution in [0.3, 0.4) is 0 Å². The SMILES string of the molecule is C=CC[C@@H]1CNC(=O)c2cc(-c3cccc4nc(C)c(N(C)CC=C)nc34)[nH]c21. The van der Waals surface area contributed by atoms with Crippen LogP contribution < -0.4 is 10.2 Å². The van der Waals surface area contributed by atoms with Crippen molar-refractivity contribution in [1.82, 2.24) is 20.3 Å². The van der Waals surface area contributed by atoms with Crippen molar-refractivity contribution in [2.45, 2.75) is 19.3 Å². The van der Waals surface area contributed by atoms with Gasteiger partial charge in [0.15, 0.2) is 5.82 Å². The van der Waals surface area contributed by atoms with Crippen molar-refractivity contribution in [2.24, 2.45) is 0 Å². The Bertz CT molecular complexity index is 1110. The monoisotopic (exact) mass is 387 g/mol. The summed E-state index contributed by atoms with van der Waals surface area (Å²) in [7, 11) is 1.98. The zero-order chi connectivity index (χ0) is 20.5. The van der Waals surface area contributed by atoms with Gasteiger partial charge in [-0.05, 0) is 25.5 Å². The number of benzene rings is 1. The third-order valence-electron chi connectivity index (χ3n) is 5.36. The fourth-order valence-corrected chi connectivity index (χ4v) is 3.96. The summed E-state index contributed by atoms with van der Waals surface area (Å²) in [6, 6.07) is 7.87. The molecule has 0 unspecified atom stereocenters. The highest BCUT2D eigenvalue weighted by Gasteiger charge is 2.27. The van der Waals surface area contributed by atoms with Crippen LogP contribution in [0, 0.1) is 6.92 Å². The molecule has 4 rings (SSSR count). The lowest BCUT2D eigenvalue weighted by Gasteiger charge is -2.21. The van der Waals surface area contributed by atoms with E-state index in [2.05, 4.69) is 23.5 Å². The Hall–Kier alpha value is -3.41. The van der Waals surface area contributed by atoms with E-state index in [-0.39, 0.29) is 11.8 Å². The molecular weight excluding hydrogens is 362 g/mol. The molecule has 148 valence electrons. The molecule has 1 atom stereocenters. The molecule has 0 aliphatic carbocycles. The van der Waals surface area contributed by atoms with Gasteiger partial charge in [0, 0.05) is 43.0 Å². The van der Waals surface area contributed by atoms with Crippen LogP contribution in [-0.4, -0.2) is 41.0 Å². The van der Waals surface area contributed by atoms with Gasteiger partial charge in [-0.3, -0.25) is 4.79 Å². The lowest BCUT2D eigenvalue weighted by Crippen LogP contribution is -2.34. The first-order valence-electron chi connectivity index (χ1n) is 9.75. The third-order valence-corrected chi connectivity index (χ3v) is 5.36. The van der Waals surface area contributed by atoms with E-state index in [4.69, 9.17) is 9.97 Å². The molecule has 0 radical (unpaired) electrons. The number of fused-ring (bicyclic) bond motifs is 2. The van der Waals surface area contributed by atoms with E-state index >= 15 is 0 Å². The Morgan fingerprint density at radius 3 is 2.83 bits per heavy atom. The molecular formula is C23H25N5O. The summed E-state index contributed by atoms with van der Waals surface area (Å²) < 4.78 is 0. The molecule has 1 aromatic carbocycles. The Kier molecular flexibility index (Phi) is 4.92. The van der Waals surface area contributed by atoms with Crippen LogP contribution in [-0.2, 0) is 0 Å². The quantitative estimate of drug-likeness (QED) is 0.628. The second kappa shape index (κ2) is 7.54. The Morgan fingerprint density at radius 2 is 2.07 bits per heavy atom. The number of aromatic nitrogens is 3. The van der Waals surface area contributed by atoms with Gasteiger partial charge in [0.1, 0.15) is 5.52 Å². The van der Waals surface area contributed by atoms with Crippen LogP contribution in [0.5, 0.6) is 0 Å². The summed E-state index contributed by atoms with van der Waals surface area (Å²) in [6.45, 7) is 10.9. The first-order valence-corrected chi connectivity index (χ1v) is 9.75. The molecule has 0 fully saturated rings. The average molecular weight is 387 g/mol. The molecule has 6 heteroatoms. The van der Waals surface area contributed by atoms with Gasteiger partial charge in [0.05, 0.1) is 16.8 Å². The molecule has 29 heavy (non-hydrogen) atoms. The number of H-pyrrole nitrogens is 1. The van der Waals surface area contributed by atoms with E-state index < -0.39 is 0 Å². The van der Waals surface area contributed by atoms with E-state index in [1.165, 1.54) is 0 Å². The normalized spacial score (nSPS) is 15.7. The fraction of sp³-hybridized carbons (Fsp3) is 0.261. The largest absolute Gasteiger partial charge is 0.357 e. The lowest BCUT2D eigenvalue weighted by molar-refractivity contribution is 0.0940. The molecule has 0 bridgehead atoms. The Labute approximate surface area is 170 Å². The Balaban J connectivity index is 1.87. The maximum Gasteiger partial charge on any atom is 0.253 e. The summed E-state index contributed by atoms with van der Waals surface area (Å²) in [5.41, 5.74) is 5.97. The molecule has 2 N–H and O–H groups in total. The highest BCUT2D eigenvalue weighted by atomic mass is 16.1. The smallest absolute Gasteiger partial charge is 0.253 e. The van der Waals surface area contributed by atoms with Crippen LogP contribution in [0.15, 0.2) is 49.6 Å². The molecule has 2 aromatic heterocycles. The summed E-state index contributed by atoms with van der Waals surface area (Å²) >= 11 is 0. The number of aryl methyl sites for hydroxylation is 1. The number of likely N-dealkylation sites (N-methyl/N-ethyl adjacent to an activating group) is 1. The van der Waals surface area contributed by atoms with Gasteiger partial charge in [0.25, 0.3) is 5.91 Å². The summed E-state index contributed by atoms with van der Waals surface area (Å²) in [5.74, 6) is 0.978. The van der Waals surface area contributed by atoms with Gasteiger partial charge in [-0.1, -0.05) is 24.3 Å². The molecule has 1 aliphatic rings. The number of anilines is 1. The first kappa shape index (κ1) is 18.9. The van der Waals surface area contributed by atoms with Crippen LogP contribution in [0.2, 0.25) is 0 Å². The number of nitrogens with zero attached hydrogens (tertiary/aromatic N) is 3. The predicted molar refractivity (Wildman–Crippen MR) is 117 cm³/mol. The van der Waals surface area contributed by atoms with Gasteiger partial charge < -0.3 is 15.2 Å². The number of nitrogens with one attached hydrogen (secondary N) is 2. The van der Waals surface area contributed by atoms with E-state index in [0.29, 0.717) is 18.7 Å². The highest BCUT2D eigenvalue weighted by Crippen LogP contribution is 2.34. The van der Waals surface area contributed by atoms with Crippen molar-refractivity contribution < 1.29 is 4.79 Å². The van der Waals surface area contributed by atoms with Crippen molar-refractivity contribution >= 4 is 22.8 Å². The van der Waals surface area contributed by atoms with Crippen LogP contribution in [0.4, 0.5) is 5.82 Å². The molecule has 0 saturated heterocycles. The van der Waals surface area contributed by atoms with Gasteiger partial charge in [0.2, 0.25) is 0 Å². The molecule has 1 aliphatic heterocycles. The van der Waals surface area contributed by atoms with E-state index in [1.54, 1.807) is 0 Å². The van der Waals surface area contributed by atoms with Gasteiger partial charge in [-0.25, -0.2) is 9.97 Å². The summed E-state index contributed by atoms with van der Waals surface area (Å²) in [6.07, 6.45) is 4.53. The minimum Gasteiger partial charge on any atom is -0.357 e. The number of carbonyl (C=O) groups excluding carboxylic acids is 1. The number of hydrogen-bond donors (Lipinski definition) is 2. The molecule has 3 aromatic rings. The predicted octanol–water partition coefficient (Wildman–Crippen LogP) is 3.96. The summed E-state index contributed by atoms with van der Waals surface area (Å²) in [5, 5.41) is 2.97. The van der Waals surface area contributed by atoms with Crippen molar-refractivity contribution in [3.8, 4) is 11.3 Å². The van der Waals surface area contributed by atoms with Gasteiger partial charge in [-0.2, -0.15) is 0 Å². The molecule has 0 spiro atoms. The lowest BCUT2D eigenvalue weighted by atomic mass is 9.94. The van der Waals surface area contributed by atoms with Gasteiger partial charge >= 0.3 is 0 Å². The number of hydrogen-bond acceptors (Lipinski definition) is 4. The molecule has 6 nitrogen and oxygen atoms in total. The first-order chi connectivity index (χ1) is 14.0. The maximum atomic E-state index is 12.4. The summed E-state index contributed by atoms with van der Waals surface area (Å²) in [4.78, 5) is 27.6. The standard InChI is InChI=1S/C23H25N5O/c1-5-8-15-13-24-23(29)17-12-19(26-20(15)17)16-9-7-10-18-21(16)27-22(14(3)25-18)28(4)11-6-2/h5-7,9-10,12,15,26H,1-2,8,11,13H2,3-4H3,(H,24,29)/t15-/m1/s1. The fourth-order valence-electron chi connectivity index (χ4n) is 3.96. The molecule has 0 saturated carbocycles. The average Bonchev–Trinajstić information content (AvgIpc) is 3.15. The Morgan fingerprint density at radius 1 is 1.24 bits per heavy atom. The number of para-hydroxylation sites is 1. The van der Waals surface area contributed by atoms with Crippen LogP contribution >= 0.6 is 0 Å². The van der Waals surface area contributed by atoms with Crippen molar-refractivity contribution in [2.75, 3.05) is 25.0 Å². The second-order valence-electron chi connectivity index (χ2n) is 7.42. The number of carbonyl (C=O) groups is 1. The zero-order valence-electron chi connectivity index (χ0n) is 16.8. The van der Waals surface area contributed by atoms with Crippen molar-refractivity contribution in [3.63, 3.8) is 0 Å². The molecule has 3 heterocycles. The number of allylic oxidation sites excluding steroid dienone is 1. The van der Waals surface area contributed by atoms with Crippen LogP contribution in [0.1, 0.15) is 34.1 Å². The number of aromatic amines is 1. The van der Waals surface area contributed by atoms with E-state index in [9.17, 15) is 4.79 Å². The molecule has 1 amide bonds. The highest BCUT2D eigenvalue weighted by molar-refractivity contribution is 6.00. The van der Waals surface area contributed by atoms with Crippen molar-refractivity contribution in [1.29, 1.82) is 0 Å². The minimum absolute atomic E-state index is 0.0450. The number of rotatable bonds is 6. The minimum atomic E-state index is -0.0450. The zero-order valence-corrected chi connectivity index (χ0v) is 16.8. The van der Waals surface area contributed by atoms with Crippen molar-refractivity contribution in [3.05, 3.63) is 66.5 Å². The van der Waals surface area contributed by atoms with E-state index in [1.807, 2.05) is 55.3 Å². The third kappa shape index (κ3) is 3.31. The maximum absolute atomic E-state index is 12.4. The van der Waals surface area contributed by atoms with E-state index in [0.717, 1.165) is 45.9 Å². The topological polar surface area (TPSA) is 73.9 Å². The van der Waals surface area contributed by atoms with Gasteiger partial charge in [-0.15, -0.1) is 13.2 Å². The van der Waals surface area contributed by atoms with Crippen LogP contribution in [0.25, 0.3) is 22.3 Å².